The summed E-state index contributed by atoms with van der Waals surface area (Å²) in [5.41, 5.74) is 8.11. The average Bonchev–Trinajstić information content (AvgIpc) is 2.64. The topological polar surface area (TPSA) is 52.9 Å². The molecule has 1 aromatic heterocycles. The fraction of sp³-hybridized carbons (Fsp3) is 0.400. The molecule has 0 aliphatic heterocycles. The molecule has 0 saturated heterocycles. The molecule has 2 aromatic rings. The number of anilines is 1. The van der Waals surface area contributed by atoms with Crippen molar-refractivity contribution in [3.8, 4) is 0 Å². The summed E-state index contributed by atoms with van der Waals surface area (Å²) < 4.78 is 3.71. The van der Waals surface area contributed by atoms with Crippen LogP contribution < -0.4 is 11.3 Å². The summed E-state index contributed by atoms with van der Waals surface area (Å²) in [5.74, 6) is 0. The Labute approximate surface area is 123 Å². The molecular formula is C15H20ClN3O. The zero-order chi connectivity index (χ0) is 14.7. The molecule has 1 aromatic carbocycles. The smallest absolute Gasteiger partial charge is 0.290 e. The van der Waals surface area contributed by atoms with Gasteiger partial charge in [-0.3, -0.25) is 9.48 Å². The Kier molecular flexibility index (Phi) is 4.55. The molecule has 108 valence electrons. The number of benzene rings is 1. The van der Waals surface area contributed by atoms with Crippen LogP contribution in [0, 0.1) is 0 Å². The van der Waals surface area contributed by atoms with Crippen LogP contribution in [0.2, 0.25) is 5.02 Å². The number of halogens is 1. The first-order chi connectivity index (χ1) is 9.58. The summed E-state index contributed by atoms with van der Waals surface area (Å²) in [6.45, 7) is 5.38. The molecule has 0 saturated carbocycles. The molecule has 0 amide bonds. The monoisotopic (exact) mass is 293 g/mol. The fourth-order valence-corrected chi connectivity index (χ4v) is 2.68. The SMILES string of the molecule is CCCn1c(CC)c(N)c(=O)n1Cc1cccc(Cl)c1. The predicted octanol–water partition coefficient (Wildman–Crippen LogP) is 2.91. The second kappa shape index (κ2) is 6.18. The van der Waals surface area contributed by atoms with E-state index in [1.807, 2.05) is 35.9 Å². The van der Waals surface area contributed by atoms with E-state index in [-0.39, 0.29) is 5.56 Å². The molecule has 2 N–H and O–H groups in total. The molecular weight excluding hydrogens is 274 g/mol. The number of nitrogens with zero attached hydrogens (tertiary/aromatic N) is 2. The van der Waals surface area contributed by atoms with Crippen molar-refractivity contribution >= 4 is 17.3 Å². The molecule has 5 heteroatoms. The van der Waals surface area contributed by atoms with Gasteiger partial charge in [-0.05, 0) is 30.5 Å². The van der Waals surface area contributed by atoms with Crippen LogP contribution in [0.5, 0.6) is 0 Å². The summed E-state index contributed by atoms with van der Waals surface area (Å²) >= 11 is 6.00. The van der Waals surface area contributed by atoms with E-state index in [1.54, 1.807) is 4.68 Å². The Morgan fingerprint density at radius 1 is 1.25 bits per heavy atom. The van der Waals surface area contributed by atoms with Gasteiger partial charge in [0.05, 0.1) is 12.2 Å². The Morgan fingerprint density at radius 2 is 2.00 bits per heavy atom. The normalized spacial score (nSPS) is 10.9. The molecule has 4 nitrogen and oxygen atoms in total. The Balaban J connectivity index is 2.47. The van der Waals surface area contributed by atoms with Crippen molar-refractivity contribution in [2.45, 2.75) is 39.8 Å². The fourth-order valence-electron chi connectivity index (χ4n) is 2.46. The molecule has 0 atom stereocenters. The van der Waals surface area contributed by atoms with Gasteiger partial charge in [0.1, 0.15) is 5.69 Å². The summed E-state index contributed by atoms with van der Waals surface area (Å²) in [7, 11) is 0. The lowest BCUT2D eigenvalue weighted by atomic mass is 10.2. The van der Waals surface area contributed by atoms with E-state index in [0.29, 0.717) is 17.3 Å². The maximum atomic E-state index is 12.3. The van der Waals surface area contributed by atoms with Gasteiger partial charge in [-0.1, -0.05) is 37.6 Å². The van der Waals surface area contributed by atoms with Crippen LogP contribution >= 0.6 is 11.6 Å². The first-order valence-corrected chi connectivity index (χ1v) is 7.28. The lowest BCUT2D eigenvalue weighted by molar-refractivity contribution is 0.452. The molecule has 0 aliphatic carbocycles. The van der Waals surface area contributed by atoms with Crippen molar-refractivity contribution in [2.75, 3.05) is 5.73 Å². The van der Waals surface area contributed by atoms with Crippen molar-refractivity contribution < 1.29 is 0 Å². The molecule has 0 fully saturated rings. The average molecular weight is 294 g/mol. The van der Waals surface area contributed by atoms with Crippen LogP contribution in [0.25, 0.3) is 0 Å². The van der Waals surface area contributed by atoms with Gasteiger partial charge < -0.3 is 5.73 Å². The van der Waals surface area contributed by atoms with E-state index in [9.17, 15) is 4.79 Å². The number of hydrogen-bond acceptors (Lipinski definition) is 2. The summed E-state index contributed by atoms with van der Waals surface area (Å²) in [6, 6.07) is 7.55. The predicted molar refractivity (Wildman–Crippen MR) is 83.3 cm³/mol. The number of aromatic nitrogens is 2. The molecule has 0 aliphatic rings. The van der Waals surface area contributed by atoms with E-state index >= 15 is 0 Å². The minimum Gasteiger partial charge on any atom is -0.393 e. The van der Waals surface area contributed by atoms with E-state index in [2.05, 4.69) is 6.92 Å². The van der Waals surface area contributed by atoms with Gasteiger partial charge in [0, 0.05) is 11.6 Å². The second-order valence-corrected chi connectivity index (χ2v) is 5.27. The number of rotatable bonds is 5. The van der Waals surface area contributed by atoms with Crippen LogP contribution in [-0.4, -0.2) is 9.36 Å². The largest absolute Gasteiger partial charge is 0.393 e. The van der Waals surface area contributed by atoms with Gasteiger partial charge in [0.15, 0.2) is 0 Å². The van der Waals surface area contributed by atoms with Crippen molar-refractivity contribution in [3.05, 3.63) is 50.9 Å². The third-order valence-corrected chi connectivity index (χ3v) is 3.61. The zero-order valence-corrected chi connectivity index (χ0v) is 12.7. The quantitative estimate of drug-likeness (QED) is 0.921. The van der Waals surface area contributed by atoms with Crippen molar-refractivity contribution in [1.82, 2.24) is 9.36 Å². The lowest BCUT2D eigenvalue weighted by Crippen LogP contribution is -2.25. The van der Waals surface area contributed by atoms with Gasteiger partial charge in [0.2, 0.25) is 0 Å². The van der Waals surface area contributed by atoms with Crippen LogP contribution in [0.15, 0.2) is 29.1 Å². The molecule has 0 unspecified atom stereocenters. The van der Waals surface area contributed by atoms with Gasteiger partial charge in [0.25, 0.3) is 5.56 Å². The van der Waals surface area contributed by atoms with Crippen LogP contribution in [0.4, 0.5) is 5.69 Å². The van der Waals surface area contributed by atoms with Gasteiger partial charge in [-0.25, -0.2) is 4.68 Å². The van der Waals surface area contributed by atoms with Crippen molar-refractivity contribution in [2.24, 2.45) is 0 Å². The molecule has 1 heterocycles. The highest BCUT2D eigenvalue weighted by Crippen LogP contribution is 2.15. The second-order valence-electron chi connectivity index (χ2n) is 4.83. The maximum Gasteiger partial charge on any atom is 0.290 e. The van der Waals surface area contributed by atoms with Crippen molar-refractivity contribution in [3.63, 3.8) is 0 Å². The number of nitrogens with two attached hydrogens (primary N) is 1. The van der Waals surface area contributed by atoms with E-state index in [4.69, 9.17) is 17.3 Å². The lowest BCUT2D eigenvalue weighted by Gasteiger charge is -2.13. The van der Waals surface area contributed by atoms with Crippen LogP contribution in [-0.2, 0) is 19.5 Å². The summed E-state index contributed by atoms with van der Waals surface area (Å²) in [5, 5.41) is 0.674. The third kappa shape index (κ3) is 2.75. The third-order valence-electron chi connectivity index (χ3n) is 3.37. The molecule has 20 heavy (non-hydrogen) atoms. The van der Waals surface area contributed by atoms with E-state index in [1.165, 1.54) is 0 Å². The van der Waals surface area contributed by atoms with Crippen LogP contribution in [0.3, 0.4) is 0 Å². The minimum absolute atomic E-state index is 0.115. The Bertz CT molecular complexity index is 658. The van der Waals surface area contributed by atoms with E-state index < -0.39 is 0 Å². The highest BCUT2D eigenvalue weighted by Gasteiger charge is 2.15. The highest BCUT2D eigenvalue weighted by molar-refractivity contribution is 6.30. The van der Waals surface area contributed by atoms with Gasteiger partial charge in [-0.2, -0.15) is 0 Å². The molecule has 0 spiro atoms. The zero-order valence-electron chi connectivity index (χ0n) is 11.9. The van der Waals surface area contributed by atoms with Crippen molar-refractivity contribution in [1.29, 1.82) is 0 Å². The number of nitrogen functional groups attached to an aromatic ring is 1. The maximum absolute atomic E-state index is 12.3. The summed E-state index contributed by atoms with van der Waals surface area (Å²) in [6.07, 6.45) is 1.71. The van der Waals surface area contributed by atoms with E-state index in [0.717, 1.165) is 30.6 Å². The van der Waals surface area contributed by atoms with Gasteiger partial charge >= 0.3 is 0 Å². The highest BCUT2D eigenvalue weighted by atomic mass is 35.5. The first kappa shape index (κ1) is 14.7. The molecule has 2 rings (SSSR count). The first-order valence-electron chi connectivity index (χ1n) is 6.90. The number of hydrogen-bond donors (Lipinski definition) is 1. The van der Waals surface area contributed by atoms with Gasteiger partial charge in [-0.15, -0.1) is 0 Å². The Morgan fingerprint density at radius 3 is 2.60 bits per heavy atom. The minimum atomic E-state index is -0.115. The Hall–Kier alpha value is -1.68. The van der Waals surface area contributed by atoms with Crippen LogP contribution in [0.1, 0.15) is 31.5 Å². The standard InChI is InChI=1S/C15H20ClN3O/c1-3-8-18-13(4-2)14(17)15(20)19(18)10-11-6-5-7-12(16)9-11/h5-7,9H,3-4,8,10,17H2,1-2H3. The molecule has 0 radical (unpaired) electrons. The summed E-state index contributed by atoms with van der Waals surface area (Å²) in [4.78, 5) is 12.3. The molecule has 0 bridgehead atoms.